The highest BCUT2D eigenvalue weighted by Gasteiger charge is 2.01. The van der Waals surface area contributed by atoms with Crippen molar-refractivity contribution < 1.29 is 4.74 Å². The molecule has 0 aliphatic rings. The molecule has 1 atom stereocenters. The van der Waals surface area contributed by atoms with Crippen LogP contribution in [0, 0.1) is 5.92 Å². The minimum atomic E-state index is 0.697. The van der Waals surface area contributed by atoms with Crippen molar-refractivity contribution in [1.29, 1.82) is 0 Å². The highest BCUT2D eigenvalue weighted by molar-refractivity contribution is 7.98. The van der Waals surface area contributed by atoms with Crippen molar-refractivity contribution in [3.05, 3.63) is 24.3 Å². The normalized spacial score (nSPS) is 12.4. The van der Waals surface area contributed by atoms with Crippen LogP contribution in [0.3, 0.4) is 0 Å². The van der Waals surface area contributed by atoms with Gasteiger partial charge in [0.2, 0.25) is 0 Å². The summed E-state index contributed by atoms with van der Waals surface area (Å²) in [6, 6.07) is 8.26. The molecular formula is C13H20OS2. The number of thioether (sulfide) groups is 1. The van der Waals surface area contributed by atoms with Gasteiger partial charge < -0.3 is 4.74 Å². The van der Waals surface area contributed by atoms with E-state index in [1.165, 1.54) is 4.90 Å². The van der Waals surface area contributed by atoms with Crippen LogP contribution in [0.5, 0.6) is 5.75 Å². The molecule has 0 aromatic heterocycles. The molecule has 0 saturated heterocycles. The van der Waals surface area contributed by atoms with E-state index in [-0.39, 0.29) is 0 Å². The fourth-order valence-corrected chi connectivity index (χ4v) is 2.26. The van der Waals surface area contributed by atoms with Crippen LogP contribution in [0.15, 0.2) is 29.2 Å². The summed E-state index contributed by atoms with van der Waals surface area (Å²) in [6.45, 7) is 3.05. The SMILES string of the molecule is CSc1ccc(OCCC(C)CCS)cc1. The Hall–Kier alpha value is -0.280. The first-order valence-corrected chi connectivity index (χ1v) is 7.49. The third-order valence-corrected chi connectivity index (χ3v) is 3.56. The number of ether oxygens (including phenoxy) is 1. The third-order valence-electron chi connectivity index (χ3n) is 2.56. The minimum Gasteiger partial charge on any atom is -0.494 e. The molecule has 0 bridgehead atoms. The average Bonchev–Trinajstić information content (AvgIpc) is 2.30. The monoisotopic (exact) mass is 256 g/mol. The van der Waals surface area contributed by atoms with E-state index < -0.39 is 0 Å². The van der Waals surface area contributed by atoms with Crippen LogP contribution < -0.4 is 4.74 Å². The zero-order valence-electron chi connectivity index (χ0n) is 9.98. The first-order valence-electron chi connectivity index (χ1n) is 5.64. The minimum absolute atomic E-state index is 0.697. The molecule has 1 unspecified atom stereocenters. The van der Waals surface area contributed by atoms with Gasteiger partial charge in [-0.2, -0.15) is 12.6 Å². The van der Waals surface area contributed by atoms with Gasteiger partial charge in [-0.1, -0.05) is 6.92 Å². The van der Waals surface area contributed by atoms with Gasteiger partial charge in [0.25, 0.3) is 0 Å². The van der Waals surface area contributed by atoms with Crippen molar-refractivity contribution in [2.45, 2.75) is 24.7 Å². The zero-order chi connectivity index (χ0) is 11.8. The van der Waals surface area contributed by atoms with Gasteiger partial charge in [-0.3, -0.25) is 0 Å². The van der Waals surface area contributed by atoms with Crippen LogP contribution in [-0.2, 0) is 0 Å². The summed E-state index contributed by atoms with van der Waals surface area (Å²) in [5.41, 5.74) is 0. The van der Waals surface area contributed by atoms with Gasteiger partial charge in [0.1, 0.15) is 5.75 Å². The van der Waals surface area contributed by atoms with E-state index in [2.05, 4.69) is 37.9 Å². The molecule has 0 radical (unpaired) electrons. The van der Waals surface area contributed by atoms with Crippen LogP contribution in [0.2, 0.25) is 0 Å². The maximum Gasteiger partial charge on any atom is 0.119 e. The first kappa shape index (κ1) is 13.8. The molecule has 1 aromatic rings. The summed E-state index contributed by atoms with van der Waals surface area (Å²) in [6.07, 6.45) is 4.34. The molecule has 3 heteroatoms. The van der Waals surface area contributed by atoms with Gasteiger partial charge in [0.05, 0.1) is 6.61 Å². The lowest BCUT2D eigenvalue weighted by Crippen LogP contribution is -2.04. The fourth-order valence-electron chi connectivity index (χ4n) is 1.41. The van der Waals surface area contributed by atoms with Crippen molar-refractivity contribution in [3.63, 3.8) is 0 Å². The van der Waals surface area contributed by atoms with Crippen molar-refractivity contribution >= 4 is 24.4 Å². The molecule has 0 amide bonds. The van der Waals surface area contributed by atoms with Crippen LogP contribution in [0.4, 0.5) is 0 Å². The molecule has 90 valence electrons. The lowest BCUT2D eigenvalue weighted by Gasteiger charge is -2.11. The second kappa shape index (κ2) is 7.91. The summed E-state index contributed by atoms with van der Waals surface area (Å²) < 4.78 is 5.69. The van der Waals surface area contributed by atoms with Crippen molar-refractivity contribution in [3.8, 4) is 5.75 Å². The second-order valence-electron chi connectivity index (χ2n) is 3.93. The molecule has 1 nitrogen and oxygen atoms in total. The molecular weight excluding hydrogens is 236 g/mol. The maximum absolute atomic E-state index is 5.69. The van der Waals surface area contributed by atoms with Crippen LogP contribution in [-0.4, -0.2) is 18.6 Å². The third kappa shape index (κ3) is 5.17. The molecule has 1 aromatic carbocycles. The van der Waals surface area contributed by atoms with E-state index in [9.17, 15) is 0 Å². The lowest BCUT2D eigenvalue weighted by molar-refractivity contribution is 0.282. The van der Waals surface area contributed by atoms with Gasteiger partial charge >= 0.3 is 0 Å². The highest BCUT2D eigenvalue weighted by atomic mass is 32.2. The van der Waals surface area contributed by atoms with E-state index in [0.29, 0.717) is 5.92 Å². The van der Waals surface area contributed by atoms with Crippen molar-refractivity contribution in [1.82, 2.24) is 0 Å². The summed E-state index contributed by atoms with van der Waals surface area (Å²) in [4.78, 5) is 1.27. The summed E-state index contributed by atoms with van der Waals surface area (Å²) >= 11 is 5.98. The molecule has 1 rings (SSSR count). The standard InChI is InChI=1S/C13H20OS2/c1-11(8-10-15)7-9-14-12-3-5-13(16-2)6-4-12/h3-6,11,15H,7-10H2,1-2H3. The van der Waals surface area contributed by atoms with Gasteiger partial charge in [-0.05, 0) is 55.0 Å². The van der Waals surface area contributed by atoms with E-state index >= 15 is 0 Å². The van der Waals surface area contributed by atoms with Crippen LogP contribution in [0.1, 0.15) is 19.8 Å². The van der Waals surface area contributed by atoms with E-state index in [1.807, 2.05) is 12.1 Å². The quantitative estimate of drug-likeness (QED) is 0.580. The second-order valence-corrected chi connectivity index (χ2v) is 5.26. The van der Waals surface area contributed by atoms with E-state index in [0.717, 1.165) is 31.0 Å². The Kier molecular flexibility index (Phi) is 6.81. The van der Waals surface area contributed by atoms with Crippen LogP contribution in [0.25, 0.3) is 0 Å². The Morgan fingerprint density at radius 3 is 2.50 bits per heavy atom. The number of hydrogen-bond acceptors (Lipinski definition) is 3. The van der Waals surface area contributed by atoms with Crippen molar-refractivity contribution in [2.75, 3.05) is 18.6 Å². The van der Waals surface area contributed by atoms with Gasteiger partial charge in [-0.25, -0.2) is 0 Å². The summed E-state index contributed by atoms with van der Waals surface area (Å²) in [5, 5.41) is 0. The van der Waals surface area contributed by atoms with Gasteiger partial charge in [-0.15, -0.1) is 11.8 Å². The molecule has 16 heavy (non-hydrogen) atoms. The number of thiol groups is 1. The number of rotatable bonds is 7. The maximum atomic E-state index is 5.69. The van der Waals surface area contributed by atoms with Gasteiger partial charge in [0, 0.05) is 4.90 Å². The predicted molar refractivity (Wildman–Crippen MR) is 76.0 cm³/mol. The molecule has 0 heterocycles. The zero-order valence-corrected chi connectivity index (χ0v) is 11.7. The van der Waals surface area contributed by atoms with Crippen LogP contribution >= 0.6 is 24.4 Å². The van der Waals surface area contributed by atoms with E-state index in [1.54, 1.807) is 11.8 Å². The predicted octanol–water partition coefficient (Wildman–Crippen LogP) is 4.13. The van der Waals surface area contributed by atoms with Gasteiger partial charge in [0.15, 0.2) is 0 Å². The topological polar surface area (TPSA) is 9.23 Å². The highest BCUT2D eigenvalue weighted by Crippen LogP contribution is 2.19. The Morgan fingerprint density at radius 1 is 1.25 bits per heavy atom. The first-order chi connectivity index (χ1) is 7.76. The largest absolute Gasteiger partial charge is 0.494 e. The Labute approximate surface area is 108 Å². The summed E-state index contributed by atoms with van der Waals surface area (Å²) in [5.74, 6) is 2.63. The average molecular weight is 256 g/mol. The molecule has 0 aliphatic heterocycles. The number of benzene rings is 1. The Balaban J connectivity index is 2.26. The molecule has 0 spiro atoms. The molecule has 0 N–H and O–H groups in total. The Morgan fingerprint density at radius 2 is 1.94 bits per heavy atom. The van der Waals surface area contributed by atoms with Crippen molar-refractivity contribution in [2.24, 2.45) is 5.92 Å². The number of hydrogen-bond donors (Lipinski definition) is 1. The smallest absolute Gasteiger partial charge is 0.119 e. The molecule has 0 saturated carbocycles. The Bertz CT molecular complexity index is 284. The fraction of sp³-hybridized carbons (Fsp3) is 0.538. The molecule has 0 fully saturated rings. The molecule has 0 aliphatic carbocycles. The lowest BCUT2D eigenvalue weighted by atomic mass is 10.1. The summed E-state index contributed by atoms with van der Waals surface area (Å²) in [7, 11) is 0. The van der Waals surface area contributed by atoms with E-state index in [4.69, 9.17) is 4.74 Å².